The predicted molar refractivity (Wildman–Crippen MR) is 83.2 cm³/mol. The molecule has 21 heavy (non-hydrogen) atoms. The van der Waals surface area contributed by atoms with Gasteiger partial charge in [-0.2, -0.15) is 0 Å². The van der Waals surface area contributed by atoms with E-state index in [1.54, 1.807) is 37.3 Å². The quantitative estimate of drug-likeness (QED) is 0.881. The van der Waals surface area contributed by atoms with Gasteiger partial charge in [0.15, 0.2) is 5.78 Å². The Balaban J connectivity index is 2.44. The number of aryl methyl sites for hydroxylation is 2. The van der Waals surface area contributed by atoms with Gasteiger partial charge in [0, 0.05) is 11.3 Å². The highest BCUT2D eigenvalue weighted by molar-refractivity contribution is 7.92. The molecular formula is C16H17NO3S. The highest BCUT2D eigenvalue weighted by Gasteiger charge is 2.18. The number of carbonyl (C=O) groups is 1. The first-order valence-corrected chi connectivity index (χ1v) is 7.99. The third kappa shape index (κ3) is 3.49. The molecule has 0 aliphatic rings. The van der Waals surface area contributed by atoms with Gasteiger partial charge < -0.3 is 0 Å². The first-order valence-electron chi connectivity index (χ1n) is 6.51. The monoisotopic (exact) mass is 303 g/mol. The van der Waals surface area contributed by atoms with Crippen molar-refractivity contribution in [2.24, 2.45) is 0 Å². The first kappa shape index (κ1) is 15.3. The molecule has 0 aromatic heterocycles. The summed E-state index contributed by atoms with van der Waals surface area (Å²) in [5.41, 5.74) is 2.44. The number of rotatable bonds is 4. The van der Waals surface area contributed by atoms with Crippen LogP contribution in [0.1, 0.15) is 28.4 Å². The lowest BCUT2D eigenvalue weighted by molar-refractivity contribution is 0.101. The van der Waals surface area contributed by atoms with Crippen LogP contribution in [0.4, 0.5) is 5.69 Å². The van der Waals surface area contributed by atoms with Crippen molar-refractivity contribution in [1.29, 1.82) is 0 Å². The maximum Gasteiger partial charge on any atom is 0.262 e. The molecule has 2 rings (SSSR count). The van der Waals surface area contributed by atoms with E-state index in [-0.39, 0.29) is 10.7 Å². The smallest absolute Gasteiger partial charge is 0.262 e. The molecule has 1 N–H and O–H groups in total. The molecule has 0 fully saturated rings. The predicted octanol–water partition coefficient (Wildman–Crippen LogP) is 3.31. The minimum Gasteiger partial charge on any atom is -0.295 e. The van der Waals surface area contributed by atoms with E-state index >= 15 is 0 Å². The molecule has 0 saturated carbocycles. The van der Waals surface area contributed by atoms with Gasteiger partial charge >= 0.3 is 0 Å². The average Bonchev–Trinajstić information content (AvgIpc) is 2.38. The van der Waals surface area contributed by atoms with E-state index in [1.807, 2.05) is 13.0 Å². The maximum absolute atomic E-state index is 12.5. The molecule has 0 atom stereocenters. The molecule has 0 saturated heterocycles. The van der Waals surface area contributed by atoms with Gasteiger partial charge in [0.25, 0.3) is 10.0 Å². The van der Waals surface area contributed by atoms with Crippen molar-refractivity contribution in [1.82, 2.24) is 0 Å². The largest absolute Gasteiger partial charge is 0.295 e. The third-order valence-electron chi connectivity index (χ3n) is 3.15. The second-order valence-electron chi connectivity index (χ2n) is 5.01. The van der Waals surface area contributed by atoms with Gasteiger partial charge in [0.1, 0.15) is 0 Å². The van der Waals surface area contributed by atoms with Gasteiger partial charge in [-0.3, -0.25) is 9.52 Å². The summed E-state index contributed by atoms with van der Waals surface area (Å²) in [6.45, 7) is 5.00. The summed E-state index contributed by atoms with van der Waals surface area (Å²) < 4.78 is 27.5. The standard InChI is InChI=1S/C16H17NO3S/c1-11-5-4-6-15(9-11)17-21(19,20)16-10-14(13(3)18)8-7-12(16)2/h4-10,17H,1-3H3. The van der Waals surface area contributed by atoms with E-state index in [4.69, 9.17) is 0 Å². The van der Waals surface area contributed by atoms with Crippen molar-refractivity contribution in [2.45, 2.75) is 25.7 Å². The Hall–Kier alpha value is -2.14. The molecule has 110 valence electrons. The van der Waals surface area contributed by atoms with E-state index in [0.717, 1.165) is 5.56 Å². The molecule has 0 amide bonds. The Bertz CT molecular complexity index is 795. The average molecular weight is 303 g/mol. The summed E-state index contributed by atoms with van der Waals surface area (Å²) >= 11 is 0. The number of carbonyl (C=O) groups excluding carboxylic acids is 1. The van der Waals surface area contributed by atoms with E-state index in [0.29, 0.717) is 16.8 Å². The first-order chi connectivity index (χ1) is 9.79. The van der Waals surface area contributed by atoms with Crippen molar-refractivity contribution in [3.8, 4) is 0 Å². The maximum atomic E-state index is 12.5. The number of sulfonamides is 1. The van der Waals surface area contributed by atoms with E-state index < -0.39 is 10.0 Å². The molecule has 4 nitrogen and oxygen atoms in total. The van der Waals surface area contributed by atoms with E-state index in [1.165, 1.54) is 13.0 Å². The Morgan fingerprint density at radius 3 is 2.38 bits per heavy atom. The highest BCUT2D eigenvalue weighted by Crippen LogP contribution is 2.21. The van der Waals surface area contributed by atoms with E-state index in [2.05, 4.69) is 4.72 Å². The van der Waals surface area contributed by atoms with Crippen LogP contribution in [0.25, 0.3) is 0 Å². The van der Waals surface area contributed by atoms with Crippen LogP contribution in [0.3, 0.4) is 0 Å². The second kappa shape index (κ2) is 5.69. The van der Waals surface area contributed by atoms with Crippen molar-refractivity contribution in [3.63, 3.8) is 0 Å². The minimum absolute atomic E-state index is 0.122. The molecular weight excluding hydrogens is 286 g/mol. The molecule has 0 bridgehead atoms. The summed E-state index contributed by atoms with van der Waals surface area (Å²) in [5.74, 6) is -0.165. The van der Waals surface area contributed by atoms with Crippen LogP contribution in [0.15, 0.2) is 47.4 Å². The fraction of sp³-hybridized carbons (Fsp3) is 0.188. The lowest BCUT2D eigenvalue weighted by atomic mass is 10.1. The zero-order valence-corrected chi connectivity index (χ0v) is 13.0. The normalized spacial score (nSPS) is 11.2. The molecule has 0 spiro atoms. The lowest BCUT2D eigenvalue weighted by Gasteiger charge is -2.11. The number of Topliss-reactive ketones (excluding diaryl/α,β-unsaturated/α-hetero) is 1. The fourth-order valence-corrected chi connectivity index (χ4v) is 3.35. The molecule has 0 unspecified atom stereocenters. The summed E-state index contributed by atoms with van der Waals surface area (Å²) in [6.07, 6.45) is 0. The van der Waals surface area contributed by atoms with E-state index in [9.17, 15) is 13.2 Å². The van der Waals surface area contributed by atoms with Gasteiger partial charge in [-0.05, 0) is 50.1 Å². The van der Waals surface area contributed by atoms with Crippen LogP contribution in [0.2, 0.25) is 0 Å². The number of hydrogen-bond acceptors (Lipinski definition) is 3. The third-order valence-corrected chi connectivity index (χ3v) is 4.68. The molecule has 0 aliphatic heterocycles. The summed E-state index contributed by atoms with van der Waals surface area (Å²) in [4.78, 5) is 11.5. The lowest BCUT2D eigenvalue weighted by Crippen LogP contribution is -2.15. The zero-order valence-electron chi connectivity index (χ0n) is 12.2. The van der Waals surface area contributed by atoms with Crippen LogP contribution in [0, 0.1) is 13.8 Å². The van der Waals surface area contributed by atoms with Crippen LogP contribution >= 0.6 is 0 Å². The van der Waals surface area contributed by atoms with Crippen LogP contribution < -0.4 is 4.72 Å². The topological polar surface area (TPSA) is 63.2 Å². The van der Waals surface area contributed by atoms with Crippen molar-refractivity contribution in [3.05, 3.63) is 59.2 Å². The molecule has 0 aliphatic carbocycles. The fourth-order valence-electron chi connectivity index (χ4n) is 2.03. The Kier molecular flexibility index (Phi) is 4.14. The number of benzene rings is 2. The highest BCUT2D eigenvalue weighted by atomic mass is 32.2. The summed E-state index contributed by atoms with van der Waals surface area (Å²) in [6, 6.07) is 11.8. The van der Waals surface area contributed by atoms with Gasteiger partial charge in [0.05, 0.1) is 4.90 Å². The number of hydrogen-bond donors (Lipinski definition) is 1. The number of ketones is 1. The van der Waals surface area contributed by atoms with Crippen LogP contribution in [-0.2, 0) is 10.0 Å². The molecule has 5 heteroatoms. The Morgan fingerprint density at radius 1 is 1.05 bits per heavy atom. The molecule has 0 heterocycles. The second-order valence-corrected chi connectivity index (χ2v) is 6.66. The number of anilines is 1. The van der Waals surface area contributed by atoms with Crippen molar-refractivity contribution < 1.29 is 13.2 Å². The zero-order chi connectivity index (χ0) is 15.6. The molecule has 0 radical (unpaired) electrons. The summed E-state index contributed by atoms with van der Waals surface area (Å²) in [7, 11) is -3.72. The molecule has 2 aromatic rings. The van der Waals surface area contributed by atoms with Crippen molar-refractivity contribution >= 4 is 21.5 Å². The SMILES string of the molecule is CC(=O)c1ccc(C)c(S(=O)(=O)Nc2cccc(C)c2)c1. The minimum atomic E-state index is -3.72. The van der Waals surface area contributed by atoms with Gasteiger partial charge in [-0.15, -0.1) is 0 Å². The van der Waals surface area contributed by atoms with Crippen molar-refractivity contribution in [2.75, 3.05) is 4.72 Å². The van der Waals surface area contributed by atoms with Crippen LogP contribution in [0.5, 0.6) is 0 Å². The molecule has 2 aromatic carbocycles. The van der Waals surface area contributed by atoms with Gasteiger partial charge in [-0.1, -0.05) is 24.3 Å². The van der Waals surface area contributed by atoms with Gasteiger partial charge in [-0.25, -0.2) is 8.42 Å². The Labute approximate surface area is 124 Å². The summed E-state index contributed by atoms with van der Waals surface area (Å²) in [5, 5.41) is 0. The Morgan fingerprint density at radius 2 is 1.76 bits per heavy atom. The van der Waals surface area contributed by atoms with Gasteiger partial charge in [0.2, 0.25) is 0 Å². The van der Waals surface area contributed by atoms with Crippen LogP contribution in [-0.4, -0.2) is 14.2 Å². The number of nitrogens with one attached hydrogen (secondary N) is 1.